The number of hydrogen-bond acceptors (Lipinski definition) is 7. The zero-order chi connectivity index (χ0) is 19.9. The number of Topliss-reactive ketones (excluding diaryl/α,β-unsaturated/α-hetero) is 1. The van der Waals surface area contributed by atoms with Crippen molar-refractivity contribution in [3.05, 3.63) is 59.7 Å². The highest BCUT2D eigenvalue weighted by Gasteiger charge is 2.52. The third kappa shape index (κ3) is 4.01. The van der Waals surface area contributed by atoms with Gasteiger partial charge in [-0.1, -0.05) is 31.5 Å². The lowest BCUT2D eigenvalue weighted by Gasteiger charge is -2.33. The lowest BCUT2D eigenvalue weighted by atomic mass is 9.71. The van der Waals surface area contributed by atoms with Crippen LogP contribution in [0.15, 0.2) is 47.8 Å². The summed E-state index contributed by atoms with van der Waals surface area (Å²) >= 11 is 0. The minimum atomic E-state index is -1.93. The number of rotatable bonds is 9. The number of nitrogens with two attached hydrogens (primary N) is 2. The van der Waals surface area contributed by atoms with E-state index in [0.29, 0.717) is 12.0 Å². The molecule has 1 aromatic carbocycles. The van der Waals surface area contributed by atoms with Gasteiger partial charge in [0.15, 0.2) is 17.0 Å². The molecule has 8 heteroatoms. The summed E-state index contributed by atoms with van der Waals surface area (Å²) < 4.78 is 0. The van der Waals surface area contributed by atoms with Crippen LogP contribution in [0.2, 0.25) is 0 Å². The van der Waals surface area contributed by atoms with E-state index in [9.17, 15) is 14.7 Å². The summed E-state index contributed by atoms with van der Waals surface area (Å²) in [5.41, 5.74) is 5.19. The van der Waals surface area contributed by atoms with E-state index in [1.807, 2.05) is 6.92 Å². The Morgan fingerprint density at radius 3 is 2.59 bits per heavy atom. The summed E-state index contributed by atoms with van der Waals surface area (Å²) in [6.07, 6.45) is 5.83. The maximum Gasteiger partial charge on any atom is 0.324 e. The number of unbranched alkanes of at least 4 members (excludes halogenated alkanes) is 1. The number of hydrogen-bond donors (Lipinski definition) is 3. The number of carbonyl (C=O) groups excluding carboxylic acids is 1. The van der Waals surface area contributed by atoms with E-state index in [4.69, 9.17) is 11.6 Å². The molecule has 2 unspecified atom stereocenters. The van der Waals surface area contributed by atoms with Crippen LogP contribution in [0, 0.1) is 0 Å². The number of benzene rings is 1. The second kappa shape index (κ2) is 9.00. The van der Waals surface area contributed by atoms with Gasteiger partial charge in [-0.15, -0.1) is 0 Å². The Morgan fingerprint density at radius 1 is 1.30 bits per heavy atom. The highest BCUT2D eigenvalue weighted by atomic mass is 16.4. The predicted octanol–water partition coefficient (Wildman–Crippen LogP) is 1.23. The fourth-order valence-electron chi connectivity index (χ4n) is 3.00. The second-order valence-corrected chi connectivity index (χ2v) is 6.14. The molecule has 0 saturated heterocycles. The van der Waals surface area contributed by atoms with Gasteiger partial charge in [0.1, 0.15) is 0 Å². The van der Waals surface area contributed by atoms with Gasteiger partial charge in [-0.05, 0) is 29.7 Å². The van der Waals surface area contributed by atoms with Gasteiger partial charge in [0.05, 0.1) is 12.3 Å². The third-order valence-electron chi connectivity index (χ3n) is 4.41. The van der Waals surface area contributed by atoms with Gasteiger partial charge in [0, 0.05) is 18.8 Å². The molecule has 2 atom stereocenters. The highest BCUT2D eigenvalue weighted by Crippen LogP contribution is 2.34. The van der Waals surface area contributed by atoms with Crippen LogP contribution >= 0.6 is 0 Å². The van der Waals surface area contributed by atoms with E-state index in [-0.39, 0.29) is 23.6 Å². The Hall–Kier alpha value is -3.13. The van der Waals surface area contributed by atoms with Crippen molar-refractivity contribution in [3.63, 3.8) is 0 Å². The van der Waals surface area contributed by atoms with Gasteiger partial charge in [-0.3, -0.25) is 9.59 Å². The molecule has 0 spiro atoms. The van der Waals surface area contributed by atoms with Gasteiger partial charge in [-0.2, -0.15) is 5.10 Å². The number of hydrazone groups is 1. The number of aliphatic carboxylic acids is 1. The van der Waals surface area contributed by atoms with E-state index in [1.54, 1.807) is 30.3 Å². The minimum Gasteiger partial charge on any atom is -0.480 e. The molecule has 2 rings (SSSR count). The zero-order valence-corrected chi connectivity index (χ0v) is 15.1. The molecule has 1 heterocycles. The zero-order valence-electron chi connectivity index (χ0n) is 15.1. The molecule has 0 aliphatic carbocycles. The van der Waals surface area contributed by atoms with E-state index < -0.39 is 17.4 Å². The Bertz CT molecular complexity index is 825. The minimum absolute atomic E-state index is 0.0447. The average Bonchev–Trinajstić information content (AvgIpc) is 2.67. The lowest BCUT2D eigenvalue weighted by Crippen LogP contribution is -2.57. The number of carboxylic acid groups (broad SMARTS) is 1. The number of ketones is 1. The molecule has 27 heavy (non-hydrogen) atoms. The van der Waals surface area contributed by atoms with Crippen LogP contribution in [-0.2, 0) is 15.0 Å². The number of carbonyl (C=O) groups is 2. The van der Waals surface area contributed by atoms with Crippen LogP contribution in [0.5, 0.6) is 0 Å². The number of carboxylic acids is 1. The fraction of sp³-hybridized carbons (Fsp3) is 0.316. The van der Waals surface area contributed by atoms with Crippen LogP contribution in [0.4, 0.5) is 0 Å². The van der Waals surface area contributed by atoms with Gasteiger partial charge in [-0.25, -0.2) is 9.97 Å². The molecule has 0 bridgehead atoms. The molecule has 2 aromatic rings. The summed E-state index contributed by atoms with van der Waals surface area (Å²) in [4.78, 5) is 33.5. The first-order valence-electron chi connectivity index (χ1n) is 8.61. The molecular weight excluding hydrogens is 346 g/mol. The maximum absolute atomic E-state index is 12.7. The molecule has 5 N–H and O–H groups in total. The Balaban J connectivity index is 2.72. The van der Waals surface area contributed by atoms with Crippen molar-refractivity contribution < 1.29 is 14.7 Å². The quantitative estimate of drug-likeness (QED) is 0.342. The van der Waals surface area contributed by atoms with E-state index >= 15 is 0 Å². The van der Waals surface area contributed by atoms with Crippen LogP contribution in [-0.4, -0.2) is 39.1 Å². The monoisotopic (exact) mass is 369 g/mol. The predicted molar refractivity (Wildman–Crippen MR) is 101 cm³/mol. The molecular formula is C19H23N5O3. The van der Waals surface area contributed by atoms with Crippen molar-refractivity contribution in [2.45, 2.75) is 37.6 Å². The molecule has 142 valence electrons. The lowest BCUT2D eigenvalue weighted by molar-refractivity contribution is -0.145. The first-order valence-corrected chi connectivity index (χ1v) is 8.61. The van der Waals surface area contributed by atoms with Crippen LogP contribution < -0.4 is 11.6 Å². The average molecular weight is 369 g/mol. The normalized spacial score (nSPS) is 14.6. The van der Waals surface area contributed by atoms with Gasteiger partial charge in [0.2, 0.25) is 0 Å². The topological polar surface area (TPSA) is 145 Å². The Morgan fingerprint density at radius 2 is 2.00 bits per heavy atom. The van der Waals surface area contributed by atoms with Crippen molar-refractivity contribution in [1.29, 1.82) is 0 Å². The second-order valence-electron chi connectivity index (χ2n) is 6.14. The van der Waals surface area contributed by atoms with Gasteiger partial charge < -0.3 is 16.7 Å². The molecule has 1 aromatic heterocycles. The molecule has 0 saturated carbocycles. The molecule has 0 fully saturated rings. The fourth-order valence-corrected chi connectivity index (χ4v) is 3.00. The Kier molecular flexibility index (Phi) is 6.73. The first kappa shape index (κ1) is 20.2. The Labute approximate surface area is 157 Å². The summed E-state index contributed by atoms with van der Waals surface area (Å²) in [5.74, 6) is 3.50. The van der Waals surface area contributed by atoms with E-state index in [0.717, 1.165) is 6.42 Å². The van der Waals surface area contributed by atoms with Crippen LogP contribution in [0.3, 0.4) is 0 Å². The van der Waals surface area contributed by atoms with Crippen LogP contribution in [0.25, 0.3) is 0 Å². The summed E-state index contributed by atoms with van der Waals surface area (Å²) in [5, 5.41) is 13.7. The summed E-state index contributed by atoms with van der Waals surface area (Å²) in [7, 11) is 0. The third-order valence-corrected chi connectivity index (χ3v) is 4.41. The standard InChI is InChI=1S/C19H23N5O3/c1-2-3-8-15(25)16(20)19(18(26)27,17-22-9-5-10-23-17)14-7-4-6-13(11-14)12-24-21/h4-7,9-12,16H,2-3,8,20-21H2,1H3,(H,26,27). The maximum atomic E-state index is 12.7. The molecule has 0 aliphatic heterocycles. The van der Waals surface area contributed by atoms with E-state index in [2.05, 4.69) is 15.1 Å². The van der Waals surface area contributed by atoms with Gasteiger partial charge in [0.25, 0.3) is 0 Å². The SMILES string of the molecule is CCCCC(=O)C(N)C(C(=O)O)(c1cccc(C=NN)c1)c1ncccn1. The first-order chi connectivity index (χ1) is 13.0. The number of aromatic nitrogens is 2. The molecule has 0 radical (unpaired) electrons. The molecule has 0 amide bonds. The van der Waals surface area contributed by atoms with Crippen molar-refractivity contribution >= 4 is 18.0 Å². The summed E-state index contributed by atoms with van der Waals surface area (Å²) in [6, 6.07) is 6.74. The van der Waals surface area contributed by atoms with Crippen molar-refractivity contribution in [2.75, 3.05) is 0 Å². The van der Waals surface area contributed by atoms with Crippen molar-refractivity contribution in [2.24, 2.45) is 16.7 Å². The summed E-state index contributed by atoms with van der Waals surface area (Å²) in [6.45, 7) is 1.94. The smallest absolute Gasteiger partial charge is 0.324 e. The number of nitrogens with zero attached hydrogens (tertiary/aromatic N) is 3. The van der Waals surface area contributed by atoms with Crippen LogP contribution in [0.1, 0.15) is 43.1 Å². The van der Waals surface area contributed by atoms with Crippen molar-refractivity contribution in [1.82, 2.24) is 9.97 Å². The molecule has 8 nitrogen and oxygen atoms in total. The van der Waals surface area contributed by atoms with Gasteiger partial charge >= 0.3 is 5.97 Å². The highest BCUT2D eigenvalue weighted by molar-refractivity contribution is 5.97. The van der Waals surface area contributed by atoms with E-state index in [1.165, 1.54) is 18.6 Å². The van der Waals surface area contributed by atoms with Crippen molar-refractivity contribution in [3.8, 4) is 0 Å². The molecule has 0 aliphatic rings. The largest absolute Gasteiger partial charge is 0.480 e.